The van der Waals surface area contributed by atoms with Gasteiger partial charge >= 0.3 is 0 Å². The number of nitrogens with zero attached hydrogens (tertiary/aromatic N) is 4. The van der Waals surface area contributed by atoms with Gasteiger partial charge in [-0.3, -0.25) is 5.10 Å². The van der Waals surface area contributed by atoms with E-state index in [-0.39, 0.29) is 0 Å². The van der Waals surface area contributed by atoms with E-state index < -0.39 is 0 Å². The first-order valence-corrected chi connectivity index (χ1v) is 5.14. The van der Waals surface area contributed by atoms with Crippen LogP contribution in [-0.2, 0) is 6.42 Å². The molecule has 0 aliphatic heterocycles. The summed E-state index contributed by atoms with van der Waals surface area (Å²) in [6.45, 7) is 0. The number of rotatable bonds is 3. The number of benzene rings is 1. The molecule has 6 nitrogen and oxygen atoms in total. The van der Waals surface area contributed by atoms with Gasteiger partial charge in [-0.2, -0.15) is 10.1 Å². The molecule has 3 rings (SSSR count). The Kier molecular flexibility index (Phi) is 2.38. The molecule has 0 spiro atoms. The molecule has 0 amide bonds. The molecule has 6 heteroatoms. The normalized spacial score (nSPS) is 10.6. The molecule has 3 aromatic rings. The molecule has 0 aliphatic rings. The van der Waals surface area contributed by atoms with E-state index in [2.05, 4.69) is 25.3 Å². The maximum Gasteiger partial charge on any atom is 0.239 e. The average Bonchev–Trinajstić information content (AvgIpc) is 3.00. The van der Waals surface area contributed by atoms with Gasteiger partial charge in [-0.05, 0) is 5.56 Å². The summed E-state index contributed by atoms with van der Waals surface area (Å²) in [7, 11) is 0. The van der Waals surface area contributed by atoms with Crippen molar-refractivity contribution in [2.24, 2.45) is 0 Å². The highest BCUT2D eigenvalue weighted by Crippen LogP contribution is 2.12. The number of aromatic amines is 1. The Morgan fingerprint density at radius 3 is 2.82 bits per heavy atom. The van der Waals surface area contributed by atoms with Gasteiger partial charge < -0.3 is 4.52 Å². The van der Waals surface area contributed by atoms with E-state index in [0.717, 1.165) is 5.56 Å². The smallest absolute Gasteiger partial charge is 0.239 e. The third-order valence-electron chi connectivity index (χ3n) is 2.29. The van der Waals surface area contributed by atoms with Gasteiger partial charge in [0, 0.05) is 0 Å². The Morgan fingerprint density at radius 1 is 1.18 bits per heavy atom. The second-order valence-corrected chi connectivity index (χ2v) is 3.51. The molecule has 0 radical (unpaired) electrons. The predicted molar refractivity (Wildman–Crippen MR) is 58.9 cm³/mol. The van der Waals surface area contributed by atoms with E-state index in [1.54, 1.807) is 0 Å². The minimum absolute atomic E-state index is 0.424. The molecule has 0 saturated carbocycles. The Morgan fingerprint density at radius 2 is 2.06 bits per heavy atom. The Labute approximate surface area is 96.7 Å². The summed E-state index contributed by atoms with van der Waals surface area (Å²) >= 11 is 0. The molecule has 0 bridgehead atoms. The quantitative estimate of drug-likeness (QED) is 0.732. The predicted octanol–water partition coefficient (Wildman–Crippen LogP) is 1.45. The first-order chi connectivity index (χ1) is 8.42. The lowest BCUT2D eigenvalue weighted by molar-refractivity contribution is 0.385. The van der Waals surface area contributed by atoms with Crippen LogP contribution in [0.2, 0.25) is 0 Å². The number of nitrogens with one attached hydrogen (secondary N) is 1. The SMILES string of the molecule is c1ccc(Cc2nc(-c3ncn[nH]3)no2)cc1. The zero-order valence-corrected chi connectivity index (χ0v) is 8.87. The van der Waals surface area contributed by atoms with Gasteiger partial charge in [-0.1, -0.05) is 35.5 Å². The standard InChI is InChI=1S/C11H9N5O/c1-2-4-8(5-3-1)6-9-14-11(16-17-9)10-12-7-13-15-10/h1-5,7H,6H2,(H,12,13,15). The summed E-state index contributed by atoms with van der Waals surface area (Å²) in [6, 6.07) is 9.94. The van der Waals surface area contributed by atoms with Gasteiger partial charge in [-0.15, -0.1) is 0 Å². The minimum Gasteiger partial charge on any atom is -0.339 e. The maximum atomic E-state index is 5.14. The molecule has 0 aliphatic carbocycles. The molecule has 17 heavy (non-hydrogen) atoms. The fraction of sp³-hybridized carbons (Fsp3) is 0.0909. The maximum absolute atomic E-state index is 5.14. The van der Waals surface area contributed by atoms with E-state index >= 15 is 0 Å². The molecule has 0 fully saturated rings. The topological polar surface area (TPSA) is 80.5 Å². The third kappa shape index (κ3) is 2.05. The van der Waals surface area contributed by atoms with Crippen molar-refractivity contribution in [3.8, 4) is 11.6 Å². The van der Waals surface area contributed by atoms with Crippen LogP contribution in [0.3, 0.4) is 0 Å². The molecule has 1 aromatic carbocycles. The summed E-state index contributed by atoms with van der Waals surface area (Å²) in [5.41, 5.74) is 1.13. The minimum atomic E-state index is 0.424. The average molecular weight is 227 g/mol. The summed E-state index contributed by atoms with van der Waals surface area (Å²) in [5, 5.41) is 10.3. The lowest BCUT2D eigenvalue weighted by Gasteiger charge is -1.93. The zero-order chi connectivity index (χ0) is 11.5. The van der Waals surface area contributed by atoms with Crippen LogP contribution in [0.25, 0.3) is 11.6 Å². The second-order valence-electron chi connectivity index (χ2n) is 3.51. The lowest BCUT2D eigenvalue weighted by Crippen LogP contribution is -1.88. The van der Waals surface area contributed by atoms with Crippen molar-refractivity contribution in [2.45, 2.75) is 6.42 Å². The van der Waals surface area contributed by atoms with Gasteiger partial charge in [0.15, 0.2) is 5.82 Å². The molecule has 2 aromatic heterocycles. The van der Waals surface area contributed by atoms with E-state index in [4.69, 9.17) is 4.52 Å². The number of H-pyrrole nitrogens is 1. The van der Waals surface area contributed by atoms with E-state index in [9.17, 15) is 0 Å². The van der Waals surface area contributed by atoms with Crippen LogP contribution < -0.4 is 0 Å². The van der Waals surface area contributed by atoms with Crippen molar-refractivity contribution < 1.29 is 4.52 Å². The van der Waals surface area contributed by atoms with Gasteiger partial charge in [0.05, 0.1) is 6.42 Å². The van der Waals surface area contributed by atoms with Gasteiger partial charge in [0.25, 0.3) is 0 Å². The second kappa shape index (κ2) is 4.17. The van der Waals surface area contributed by atoms with Crippen molar-refractivity contribution in [3.05, 3.63) is 48.1 Å². The number of hydrogen-bond acceptors (Lipinski definition) is 5. The molecule has 84 valence electrons. The van der Waals surface area contributed by atoms with Crippen LogP contribution in [0, 0.1) is 0 Å². The summed E-state index contributed by atoms with van der Waals surface area (Å²) in [5.74, 6) is 1.49. The molecular formula is C11H9N5O. The van der Waals surface area contributed by atoms with Crippen molar-refractivity contribution >= 4 is 0 Å². The monoisotopic (exact) mass is 227 g/mol. The molecule has 0 unspecified atom stereocenters. The van der Waals surface area contributed by atoms with Gasteiger partial charge in [0.1, 0.15) is 6.33 Å². The number of hydrogen-bond donors (Lipinski definition) is 1. The highest BCUT2D eigenvalue weighted by molar-refractivity contribution is 5.39. The van der Waals surface area contributed by atoms with E-state index in [1.807, 2.05) is 30.3 Å². The third-order valence-corrected chi connectivity index (χ3v) is 2.29. The lowest BCUT2D eigenvalue weighted by atomic mass is 10.1. The summed E-state index contributed by atoms with van der Waals surface area (Å²) in [4.78, 5) is 8.19. The van der Waals surface area contributed by atoms with Crippen LogP contribution in [0.4, 0.5) is 0 Å². The first kappa shape index (κ1) is 9.71. The summed E-state index contributed by atoms with van der Waals surface area (Å²) in [6.07, 6.45) is 2.02. The highest BCUT2D eigenvalue weighted by Gasteiger charge is 2.10. The Hall–Kier alpha value is -2.50. The van der Waals surface area contributed by atoms with Crippen molar-refractivity contribution in [2.75, 3.05) is 0 Å². The Bertz CT molecular complexity index is 587. The largest absolute Gasteiger partial charge is 0.339 e. The molecule has 1 N–H and O–H groups in total. The molecular weight excluding hydrogens is 218 g/mol. The number of aromatic nitrogens is 5. The van der Waals surface area contributed by atoms with Crippen molar-refractivity contribution in [1.29, 1.82) is 0 Å². The molecule has 0 saturated heterocycles. The van der Waals surface area contributed by atoms with E-state index in [0.29, 0.717) is 24.0 Å². The van der Waals surface area contributed by atoms with Crippen LogP contribution in [-0.4, -0.2) is 25.3 Å². The van der Waals surface area contributed by atoms with Crippen LogP contribution >= 0.6 is 0 Å². The zero-order valence-electron chi connectivity index (χ0n) is 8.87. The van der Waals surface area contributed by atoms with E-state index in [1.165, 1.54) is 6.33 Å². The molecule has 0 atom stereocenters. The van der Waals surface area contributed by atoms with Crippen LogP contribution in [0.15, 0.2) is 41.2 Å². The van der Waals surface area contributed by atoms with Crippen molar-refractivity contribution in [3.63, 3.8) is 0 Å². The fourth-order valence-electron chi connectivity index (χ4n) is 1.51. The molecule has 2 heterocycles. The summed E-state index contributed by atoms with van der Waals surface area (Å²) < 4.78 is 5.14. The van der Waals surface area contributed by atoms with Crippen molar-refractivity contribution in [1.82, 2.24) is 25.3 Å². The van der Waals surface area contributed by atoms with Crippen LogP contribution in [0.1, 0.15) is 11.5 Å². The van der Waals surface area contributed by atoms with Crippen LogP contribution in [0.5, 0.6) is 0 Å². The first-order valence-electron chi connectivity index (χ1n) is 5.14. The highest BCUT2D eigenvalue weighted by atomic mass is 16.5. The fourth-order valence-corrected chi connectivity index (χ4v) is 1.51. The Balaban J connectivity index is 1.82. The van der Waals surface area contributed by atoms with Gasteiger partial charge in [0.2, 0.25) is 11.7 Å². The van der Waals surface area contributed by atoms with Gasteiger partial charge in [-0.25, -0.2) is 4.98 Å².